The lowest BCUT2D eigenvalue weighted by atomic mass is 10.1. The van der Waals surface area contributed by atoms with E-state index < -0.39 is 0 Å². The Balaban J connectivity index is 1.83. The summed E-state index contributed by atoms with van der Waals surface area (Å²) in [6.45, 7) is 13.4. The highest BCUT2D eigenvalue weighted by molar-refractivity contribution is 7.09. The fourth-order valence-corrected chi connectivity index (χ4v) is 2.97. The average molecular weight is 297 g/mol. The summed E-state index contributed by atoms with van der Waals surface area (Å²) < 4.78 is 5.71. The molecule has 1 atom stereocenters. The van der Waals surface area contributed by atoms with Crippen LogP contribution in [0.4, 0.5) is 0 Å². The van der Waals surface area contributed by atoms with Gasteiger partial charge in [0, 0.05) is 37.1 Å². The van der Waals surface area contributed by atoms with Gasteiger partial charge >= 0.3 is 0 Å². The molecule has 1 saturated heterocycles. The van der Waals surface area contributed by atoms with E-state index in [0.717, 1.165) is 39.2 Å². The molecule has 0 aliphatic carbocycles. The quantitative estimate of drug-likeness (QED) is 0.906. The van der Waals surface area contributed by atoms with Crippen LogP contribution < -0.4 is 5.32 Å². The van der Waals surface area contributed by atoms with Gasteiger partial charge in [-0.1, -0.05) is 6.92 Å². The first kappa shape index (κ1) is 15.9. The molecule has 20 heavy (non-hydrogen) atoms. The molecule has 2 heterocycles. The highest BCUT2D eigenvalue weighted by Gasteiger charge is 2.19. The van der Waals surface area contributed by atoms with Crippen LogP contribution in [0.5, 0.6) is 0 Å². The number of hydrogen-bond donors (Lipinski definition) is 1. The minimum Gasteiger partial charge on any atom is -0.376 e. The maximum absolute atomic E-state index is 5.71. The summed E-state index contributed by atoms with van der Waals surface area (Å²) in [4.78, 5) is 7.18. The standard InChI is InChI=1S/C15H27N3OS/c1-5-13-10-18(6-7-19-13)9-12-11-20-14(17-12)8-16-15(2,3)4/h11,13,16H,5-10H2,1-4H3. The third kappa shape index (κ3) is 5.13. The van der Waals surface area contributed by atoms with Crippen LogP contribution in [0.15, 0.2) is 5.38 Å². The summed E-state index contributed by atoms with van der Waals surface area (Å²) in [5.74, 6) is 0. The van der Waals surface area contributed by atoms with E-state index in [1.54, 1.807) is 11.3 Å². The Morgan fingerprint density at radius 3 is 3.00 bits per heavy atom. The molecular weight excluding hydrogens is 270 g/mol. The van der Waals surface area contributed by atoms with Crippen molar-refractivity contribution in [2.24, 2.45) is 0 Å². The highest BCUT2D eigenvalue weighted by Crippen LogP contribution is 2.15. The van der Waals surface area contributed by atoms with E-state index in [0.29, 0.717) is 6.10 Å². The van der Waals surface area contributed by atoms with Crippen LogP contribution in [-0.4, -0.2) is 41.2 Å². The first-order valence-electron chi connectivity index (χ1n) is 7.48. The molecule has 4 nitrogen and oxygen atoms in total. The van der Waals surface area contributed by atoms with Crippen LogP contribution >= 0.6 is 11.3 Å². The molecule has 0 spiro atoms. The van der Waals surface area contributed by atoms with E-state index in [4.69, 9.17) is 9.72 Å². The largest absolute Gasteiger partial charge is 0.376 e. The summed E-state index contributed by atoms with van der Waals surface area (Å²) in [6, 6.07) is 0. The van der Waals surface area contributed by atoms with Crippen molar-refractivity contribution in [1.82, 2.24) is 15.2 Å². The molecule has 1 aromatic rings. The van der Waals surface area contributed by atoms with Crippen LogP contribution in [0, 0.1) is 0 Å². The molecule has 0 bridgehead atoms. The van der Waals surface area contributed by atoms with Crippen molar-refractivity contribution in [2.75, 3.05) is 19.7 Å². The molecule has 1 unspecified atom stereocenters. The Labute approximate surface area is 126 Å². The van der Waals surface area contributed by atoms with Crippen molar-refractivity contribution in [2.45, 2.75) is 58.8 Å². The van der Waals surface area contributed by atoms with Gasteiger partial charge < -0.3 is 10.1 Å². The van der Waals surface area contributed by atoms with Crippen LogP contribution in [0.1, 0.15) is 44.8 Å². The van der Waals surface area contributed by atoms with Crippen LogP contribution in [-0.2, 0) is 17.8 Å². The molecule has 1 aromatic heterocycles. The second kappa shape index (κ2) is 6.98. The molecule has 1 aliphatic heterocycles. The molecule has 0 amide bonds. The summed E-state index contributed by atoms with van der Waals surface area (Å²) in [7, 11) is 0. The number of ether oxygens (including phenoxy) is 1. The van der Waals surface area contributed by atoms with Crippen molar-refractivity contribution in [3.05, 3.63) is 16.1 Å². The first-order chi connectivity index (χ1) is 9.46. The first-order valence-corrected chi connectivity index (χ1v) is 8.36. The lowest BCUT2D eigenvalue weighted by Gasteiger charge is -2.31. The second-order valence-electron chi connectivity index (χ2n) is 6.47. The van der Waals surface area contributed by atoms with Crippen LogP contribution in [0.25, 0.3) is 0 Å². The van der Waals surface area contributed by atoms with Crippen molar-refractivity contribution in [3.63, 3.8) is 0 Å². The van der Waals surface area contributed by atoms with E-state index in [1.165, 1.54) is 10.7 Å². The maximum atomic E-state index is 5.71. The van der Waals surface area contributed by atoms with Gasteiger partial charge in [-0.25, -0.2) is 4.98 Å². The van der Waals surface area contributed by atoms with Gasteiger partial charge in [0.15, 0.2) is 0 Å². The number of nitrogens with one attached hydrogen (secondary N) is 1. The van der Waals surface area contributed by atoms with Gasteiger partial charge in [0.05, 0.1) is 18.4 Å². The third-order valence-corrected chi connectivity index (χ3v) is 4.33. The Morgan fingerprint density at radius 2 is 2.30 bits per heavy atom. The van der Waals surface area contributed by atoms with Crippen molar-refractivity contribution in [1.29, 1.82) is 0 Å². The SMILES string of the molecule is CCC1CN(Cc2csc(CNC(C)(C)C)n2)CCO1. The van der Waals surface area contributed by atoms with Gasteiger partial charge in [0.2, 0.25) is 0 Å². The van der Waals surface area contributed by atoms with E-state index >= 15 is 0 Å². The summed E-state index contributed by atoms with van der Waals surface area (Å²) in [5, 5.41) is 6.85. The summed E-state index contributed by atoms with van der Waals surface area (Å²) in [6.07, 6.45) is 1.48. The van der Waals surface area contributed by atoms with E-state index in [2.05, 4.69) is 43.3 Å². The number of hydrogen-bond acceptors (Lipinski definition) is 5. The van der Waals surface area contributed by atoms with Crippen molar-refractivity contribution < 1.29 is 4.74 Å². The smallest absolute Gasteiger partial charge is 0.107 e. The van der Waals surface area contributed by atoms with Gasteiger partial charge in [-0.05, 0) is 27.2 Å². The highest BCUT2D eigenvalue weighted by atomic mass is 32.1. The van der Waals surface area contributed by atoms with E-state index in [-0.39, 0.29) is 5.54 Å². The van der Waals surface area contributed by atoms with Gasteiger partial charge in [0.1, 0.15) is 5.01 Å². The summed E-state index contributed by atoms with van der Waals surface area (Å²) >= 11 is 1.75. The van der Waals surface area contributed by atoms with Crippen molar-refractivity contribution in [3.8, 4) is 0 Å². The normalized spacial score (nSPS) is 21.3. The van der Waals surface area contributed by atoms with Gasteiger partial charge in [0.25, 0.3) is 0 Å². The predicted octanol–water partition coefficient (Wildman–Crippen LogP) is 2.64. The molecule has 2 rings (SSSR count). The molecule has 1 aliphatic rings. The minimum atomic E-state index is 0.143. The molecule has 5 heteroatoms. The Bertz CT molecular complexity index is 413. The minimum absolute atomic E-state index is 0.143. The van der Waals surface area contributed by atoms with Gasteiger partial charge in [-0.3, -0.25) is 4.90 Å². The molecule has 0 radical (unpaired) electrons. The lowest BCUT2D eigenvalue weighted by molar-refractivity contribution is -0.0327. The average Bonchev–Trinajstić information content (AvgIpc) is 2.83. The number of thiazole rings is 1. The fraction of sp³-hybridized carbons (Fsp3) is 0.800. The fourth-order valence-electron chi connectivity index (χ4n) is 2.24. The Morgan fingerprint density at radius 1 is 1.50 bits per heavy atom. The topological polar surface area (TPSA) is 37.4 Å². The van der Waals surface area contributed by atoms with E-state index in [1.807, 2.05) is 0 Å². The zero-order chi connectivity index (χ0) is 14.6. The van der Waals surface area contributed by atoms with Gasteiger partial charge in [-0.2, -0.15) is 0 Å². The maximum Gasteiger partial charge on any atom is 0.107 e. The number of morpholine rings is 1. The summed E-state index contributed by atoms with van der Waals surface area (Å²) in [5.41, 5.74) is 1.34. The van der Waals surface area contributed by atoms with E-state index in [9.17, 15) is 0 Å². The number of nitrogens with zero attached hydrogens (tertiary/aromatic N) is 2. The Kier molecular flexibility index (Phi) is 5.55. The molecular formula is C15H27N3OS. The Hall–Kier alpha value is -0.490. The van der Waals surface area contributed by atoms with Gasteiger partial charge in [-0.15, -0.1) is 11.3 Å². The van der Waals surface area contributed by atoms with Crippen LogP contribution in [0.2, 0.25) is 0 Å². The monoisotopic (exact) mass is 297 g/mol. The molecule has 0 saturated carbocycles. The predicted molar refractivity (Wildman–Crippen MR) is 84.0 cm³/mol. The van der Waals surface area contributed by atoms with Crippen LogP contribution in [0.3, 0.4) is 0 Å². The molecule has 1 fully saturated rings. The molecule has 1 N–H and O–H groups in total. The zero-order valence-electron chi connectivity index (χ0n) is 13.1. The third-order valence-electron chi connectivity index (χ3n) is 3.43. The lowest BCUT2D eigenvalue weighted by Crippen LogP contribution is -2.41. The van der Waals surface area contributed by atoms with Crippen molar-refractivity contribution >= 4 is 11.3 Å². The molecule has 0 aromatic carbocycles. The molecule has 114 valence electrons. The number of rotatable bonds is 5. The second-order valence-corrected chi connectivity index (χ2v) is 7.41. The zero-order valence-corrected chi connectivity index (χ0v) is 13.9. The number of aromatic nitrogens is 1.